The van der Waals surface area contributed by atoms with Gasteiger partial charge in [0.25, 0.3) is 5.91 Å². The average molecular weight is 503 g/mol. The molecule has 2 N–H and O–H groups in total. The van der Waals surface area contributed by atoms with E-state index in [0.29, 0.717) is 42.5 Å². The second-order valence-corrected chi connectivity index (χ2v) is 13.3. The summed E-state index contributed by atoms with van der Waals surface area (Å²) >= 11 is 0. The lowest BCUT2D eigenvalue weighted by Gasteiger charge is -2.39. The maximum absolute atomic E-state index is 13.6. The largest absolute Gasteiger partial charge is 0.378 e. The molecule has 1 atom stereocenters. The first kappa shape index (κ1) is 24.8. The number of hydrogen-bond donors (Lipinski definition) is 2. The van der Waals surface area contributed by atoms with Gasteiger partial charge < -0.3 is 14.5 Å². The van der Waals surface area contributed by atoms with Crippen molar-refractivity contribution in [3.63, 3.8) is 0 Å². The molecule has 35 heavy (non-hydrogen) atoms. The second kappa shape index (κ2) is 9.52. The minimum atomic E-state index is -3.05. The molecule has 192 valence electrons. The third-order valence-electron chi connectivity index (χ3n) is 7.35. The minimum absolute atomic E-state index is 0.0330. The first-order chi connectivity index (χ1) is 16.6. The zero-order valence-electron chi connectivity index (χ0n) is 21.1. The Balaban J connectivity index is 1.55. The molecule has 2 saturated heterocycles. The molecule has 1 aromatic carbocycles. The Labute approximate surface area is 209 Å². The van der Waals surface area contributed by atoms with Crippen molar-refractivity contribution in [2.24, 2.45) is 5.41 Å². The summed E-state index contributed by atoms with van der Waals surface area (Å²) in [4.78, 5) is 18.4. The number of morpholine rings is 1. The fourth-order valence-electron chi connectivity index (χ4n) is 5.40. The molecule has 0 spiro atoms. The van der Waals surface area contributed by atoms with Crippen molar-refractivity contribution < 1.29 is 18.6 Å². The fourth-order valence-corrected chi connectivity index (χ4v) is 7.04. The van der Waals surface area contributed by atoms with E-state index in [1.165, 1.54) is 0 Å². The normalized spacial score (nSPS) is 23.5. The van der Waals surface area contributed by atoms with Crippen LogP contribution in [0, 0.1) is 5.41 Å². The molecule has 0 aliphatic carbocycles. The summed E-state index contributed by atoms with van der Waals surface area (Å²) in [6.45, 7) is 11.9. The van der Waals surface area contributed by atoms with E-state index in [9.17, 15) is 13.9 Å². The summed E-state index contributed by atoms with van der Waals surface area (Å²) in [6, 6.07) is 7.62. The van der Waals surface area contributed by atoms with Crippen LogP contribution in [0.1, 0.15) is 62.1 Å². The van der Waals surface area contributed by atoms with Crippen molar-refractivity contribution in [2.45, 2.75) is 56.7 Å². The van der Waals surface area contributed by atoms with Crippen molar-refractivity contribution in [2.75, 3.05) is 45.9 Å². The Hall–Kier alpha value is -1.91. The van der Waals surface area contributed by atoms with Crippen LogP contribution in [-0.4, -0.2) is 80.5 Å². The zero-order valence-corrected chi connectivity index (χ0v) is 21.9. The molecule has 9 heteroatoms. The second-order valence-electron chi connectivity index (χ2n) is 11.2. The molecule has 3 aliphatic heterocycles. The van der Waals surface area contributed by atoms with Crippen molar-refractivity contribution in [3.8, 4) is 11.3 Å². The fraction of sp³-hybridized carbons (Fsp3) is 0.615. The number of piperidine rings is 1. The number of likely N-dealkylation sites (tertiary alicyclic amines) is 1. The van der Waals surface area contributed by atoms with E-state index in [2.05, 4.69) is 25.7 Å². The number of benzene rings is 1. The summed E-state index contributed by atoms with van der Waals surface area (Å²) in [6.07, 6.45) is 3.19. The number of amides is 1. The number of fused-ring (bicyclic) bond motifs is 3. The van der Waals surface area contributed by atoms with Gasteiger partial charge in [-0.2, -0.15) is 15.7 Å². The highest BCUT2D eigenvalue weighted by molar-refractivity contribution is 8.23. The van der Waals surface area contributed by atoms with Crippen LogP contribution in [0.5, 0.6) is 0 Å². The monoisotopic (exact) mass is 502 g/mol. The number of nitrogens with zero attached hydrogens (tertiary/aromatic N) is 4. The molecule has 3 aliphatic rings. The smallest absolute Gasteiger partial charge is 0.274 e. The molecule has 2 fully saturated rings. The number of aromatic nitrogens is 2. The molecular weight excluding hydrogens is 464 g/mol. The number of carbonyl (C=O) groups is 1. The summed E-state index contributed by atoms with van der Waals surface area (Å²) in [5.41, 5.74) is 2.98. The molecule has 4 heterocycles. The summed E-state index contributed by atoms with van der Waals surface area (Å²) in [5, 5.41) is 4.95. The average Bonchev–Trinajstić information content (AvgIpc) is 3.21. The van der Waals surface area contributed by atoms with E-state index < -0.39 is 10.6 Å². The Morgan fingerprint density at radius 3 is 2.66 bits per heavy atom. The van der Waals surface area contributed by atoms with Crippen LogP contribution >= 0.6 is 10.6 Å². The van der Waals surface area contributed by atoms with E-state index in [1.54, 1.807) is 11.0 Å². The Morgan fingerprint density at radius 1 is 1.17 bits per heavy atom. The number of hydrogen-bond acceptors (Lipinski definition) is 6. The van der Waals surface area contributed by atoms with Crippen LogP contribution in [0.4, 0.5) is 0 Å². The summed E-state index contributed by atoms with van der Waals surface area (Å²) < 4.78 is 29.6. The van der Waals surface area contributed by atoms with Gasteiger partial charge in [0.15, 0.2) is 5.69 Å². The Morgan fingerprint density at radius 2 is 1.91 bits per heavy atom. The molecule has 1 amide bonds. The first-order valence-electron chi connectivity index (χ1n) is 12.7. The molecule has 2 aromatic rings. The van der Waals surface area contributed by atoms with Crippen LogP contribution in [0.2, 0.25) is 0 Å². The number of carbonyl (C=O) groups excluding carboxylic acids is 1. The quantitative estimate of drug-likeness (QED) is 0.629. The van der Waals surface area contributed by atoms with Gasteiger partial charge in [0.2, 0.25) is 0 Å². The number of rotatable bonds is 4. The van der Waals surface area contributed by atoms with Crippen LogP contribution in [0.15, 0.2) is 29.2 Å². The summed E-state index contributed by atoms with van der Waals surface area (Å²) in [5.74, 6) is -0.108. The molecule has 0 saturated carbocycles. The van der Waals surface area contributed by atoms with Gasteiger partial charge in [0, 0.05) is 30.8 Å². The Kier molecular flexibility index (Phi) is 6.74. The molecule has 1 aromatic heterocycles. The molecule has 1 unspecified atom stereocenters. The Bertz CT molecular complexity index is 1090. The lowest BCUT2D eigenvalue weighted by Crippen LogP contribution is -2.41. The van der Waals surface area contributed by atoms with E-state index in [0.717, 1.165) is 50.2 Å². The van der Waals surface area contributed by atoms with Gasteiger partial charge in [-0.25, -0.2) is 0 Å². The van der Waals surface area contributed by atoms with Crippen molar-refractivity contribution >= 4 is 16.5 Å². The highest BCUT2D eigenvalue weighted by Crippen LogP contribution is 2.60. The van der Waals surface area contributed by atoms with E-state index in [4.69, 9.17) is 9.84 Å². The molecule has 0 bridgehead atoms. The lowest BCUT2D eigenvalue weighted by molar-refractivity contribution is 0.0297. The molecule has 8 nitrogen and oxygen atoms in total. The van der Waals surface area contributed by atoms with Crippen LogP contribution in [-0.2, 0) is 10.5 Å². The zero-order chi connectivity index (χ0) is 24.8. The topological polar surface area (TPSA) is 91.1 Å². The van der Waals surface area contributed by atoms with Crippen molar-refractivity contribution in [1.82, 2.24) is 19.6 Å². The van der Waals surface area contributed by atoms with Gasteiger partial charge in [-0.15, -0.1) is 0 Å². The maximum Gasteiger partial charge on any atom is 0.274 e. The third-order valence-corrected chi connectivity index (χ3v) is 9.11. The summed E-state index contributed by atoms with van der Waals surface area (Å²) in [7, 11) is -3.05. The minimum Gasteiger partial charge on any atom is -0.378 e. The molecule has 0 radical (unpaired) electrons. The predicted molar refractivity (Wildman–Crippen MR) is 138 cm³/mol. The van der Waals surface area contributed by atoms with Gasteiger partial charge >= 0.3 is 0 Å². The van der Waals surface area contributed by atoms with Crippen LogP contribution in [0.3, 0.4) is 0 Å². The highest BCUT2D eigenvalue weighted by atomic mass is 32.3. The predicted octanol–water partition coefficient (Wildman–Crippen LogP) is 4.72. The van der Waals surface area contributed by atoms with Crippen LogP contribution in [0.25, 0.3) is 11.3 Å². The third kappa shape index (κ3) is 5.02. The van der Waals surface area contributed by atoms with Crippen molar-refractivity contribution in [1.29, 1.82) is 0 Å². The molecular formula is C26H38N4O4S. The van der Waals surface area contributed by atoms with E-state index in [1.807, 2.05) is 22.9 Å². The highest BCUT2D eigenvalue weighted by Gasteiger charge is 2.39. The van der Waals surface area contributed by atoms with Gasteiger partial charge in [-0.05, 0) is 43.8 Å². The SMILES string of the molecule is CC(C)(C)CCN1CCCC(n2nc(C(=O)N3CCOCC3)c3c2-c2ccccc2S(O)(O)C3)C1. The van der Waals surface area contributed by atoms with Crippen LogP contribution < -0.4 is 0 Å². The van der Waals surface area contributed by atoms with Gasteiger partial charge in [-0.1, -0.05) is 39.0 Å². The van der Waals surface area contributed by atoms with E-state index in [-0.39, 0.29) is 23.1 Å². The number of ether oxygens (including phenoxy) is 1. The first-order valence-corrected chi connectivity index (χ1v) is 14.4. The maximum atomic E-state index is 13.6. The van der Waals surface area contributed by atoms with Gasteiger partial charge in [-0.3, -0.25) is 18.6 Å². The van der Waals surface area contributed by atoms with Gasteiger partial charge in [0.1, 0.15) is 0 Å². The van der Waals surface area contributed by atoms with Gasteiger partial charge in [0.05, 0.1) is 35.6 Å². The van der Waals surface area contributed by atoms with E-state index >= 15 is 0 Å². The standard InChI is InChI=1S/C26H38N4O4S/c1-26(2,3)10-12-28-11-6-7-19(17-28)30-24-20-8-4-5-9-22(20)35(32,33)18-21(24)23(27-30)25(31)29-13-15-34-16-14-29/h4-5,8-9,19,32-33H,6-7,10-18H2,1-3H3. The molecule has 5 rings (SSSR count). The lowest BCUT2D eigenvalue weighted by atomic mass is 9.91. The van der Waals surface area contributed by atoms with Crippen molar-refractivity contribution in [3.05, 3.63) is 35.5 Å².